The Bertz CT molecular complexity index is 744. The molecule has 1 atom stereocenters. The summed E-state index contributed by atoms with van der Waals surface area (Å²) in [5, 5.41) is 2.89. The molecule has 2 amide bonds. The lowest BCUT2D eigenvalue weighted by Crippen LogP contribution is -2.47. The van der Waals surface area contributed by atoms with Crippen LogP contribution in [-0.2, 0) is 22.6 Å². The predicted octanol–water partition coefficient (Wildman–Crippen LogP) is 3.57. The fourth-order valence-electron chi connectivity index (χ4n) is 2.95. The van der Waals surface area contributed by atoms with Gasteiger partial charge < -0.3 is 15.0 Å². The highest BCUT2D eigenvalue weighted by Gasteiger charge is 2.25. The molecule has 0 aliphatic heterocycles. The highest BCUT2D eigenvalue weighted by Crippen LogP contribution is 2.16. The van der Waals surface area contributed by atoms with Crippen molar-refractivity contribution in [1.29, 1.82) is 0 Å². The van der Waals surface area contributed by atoms with Crippen LogP contribution in [0.4, 0.5) is 0 Å². The SMILES string of the molecule is CCCNC(=O)[C@@H](C)N(Cc1ccc(OC)cc1)C(=O)CCc1ccccc1. The number of rotatable bonds is 10. The molecule has 0 heterocycles. The zero-order valence-electron chi connectivity index (χ0n) is 17.0. The van der Waals surface area contributed by atoms with Gasteiger partial charge >= 0.3 is 0 Å². The van der Waals surface area contributed by atoms with Crippen molar-refractivity contribution in [3.05, 3.63) is 65.7 Å². The zero-order valence-corrected chi connectivity index (χ0v) is 17.0. The lowest BCUT2D eigenvalue weighted by molar-refractivity contribution is -0.140. The van der Waals surface area contributed by atoms with Gasteiger partial charge in [0.25, 0.3) is 0 Å². The lowest BCUT2D eigenvalue weighted by atomic mass is 10.1. The molecule has 5 nitrogen and oxygen atoms in total. The summed E-state index contributed by atoms with van der Waals surface area (Å²) >= 11 is 0. The molecule has 5 heteroatoms. The molecule has 2 aromatic rings. The maximum Gasteiger partial charge on any atom is 0.242 e. The van der Waals surface area contributed by atoms with E-state index in [1.165, 1.54) is 0 Å². The second-order valence-corrected chi connectivity index (χ2v) is 6.82. The number of benzene rings is 2. The van der Waals surface area contributed by atoms with E-state index in [1.807, 2.05) is 61.5 Å². The van der Waals surface area contributed by atoms with E-state index in [1.54, 1.807) is 18.9 Å². The van der Waals surface area contributed by atoms with Crippen molar-refractivity contribution >= 4 is 11.8 Å². The zero-order chi connectivity index (χ0) is 20.4. The van der Waals surface area contributed by atoms with Gasteiger partial charge in [-0.15, -0.1) is 0 Å². The normalized spacial score (nSPS) is 11.5. The molecule has 0 spiro atoms. The summed E-state index contributed by atoms with van der Waals surface area (Å²) < 4.78 is 5.19. The van der Waals surface area contributed by atoms with Crippen LogP contribution in [0, 0.1) is 0 Å². The molecule has 0 unspecified atom stereocenters. The van der Waals surface area contributed by atoms with Crippen molar-refractivity contribution in [3.63, 3.8) is 0 Å². The minimum Gasteiger partial charge on any atom is -0.497 e. The lowest BCUT2D eigenvalue weighted by Gasteiger charge is -2.29. The van der Waals surface area contributed by atoms with Crippen molar-refractivity contribution < 1.29 is 14.3 Å². The van der Waals surface area contributed by atoms with Gasteiger partial charge in [-0.1, -0.05) is 49.4 Å². The molecular formula is C23H30N2O3. The van der Waals surface area contributed by atoms with Gasteiger partial charge in [0.15, 0.2) is 0 Å². The third-order valence-corrected chi connectivity index (χ3v) is 4.70. The molecule has 2 rings (SSSR count). The number of nitrogens with one attached hydrogen (secondary N) is 1. The van der Waals surface area contributed by atoms with Gasteiger partial charge in [0.2, 0.25) is 11.8 Å². The first-order valence-corrected chi connectivity index (χ1v) is 9.79. The van der Waals surface area contributed by atoms with Gasteiger partial charge in [-0.25, -0.2) is 0 Å². The molecule has 0 saturated heterocycles. The Kier molecular flexibility index (Phi) is 8.53. The minimum atomic E-state index is -0.531. The number of aryl methyl sites for hydroxylation is 1. The molecule has 0 fully saturated rings. The quantitative estimate of drug-likeness (QED) is 0.683. The van der Waals surface area contributed by atoms with Crippen molar-refractivity contribution in [1.82, 2.24) is 10.2 Å². The summed E-state index contributed by atoms with van der Waals surface area (Å²) in [6.07, 6.45) is 1.88. The van der Waals surface area contributed by atoms with Gasteiger partial charge in [-0.3, -0.25) is 9.59 Å². The largest absolute Gasteiger partial charge is 0.497 e. The first-order valence-electron chi connectivity index (χ1n) is 9.79. The van der Waals surface area contributed by atoms with Crippen LogP contribution in [0.5, 0.6) is 5.75 Å². The van der Waals surface area contributed by atoms with Gasteiger partial charge in [0, 0.05) is 19.5 Å². The molecule has 0 aliphatic rings. The monoisotopic (exact) mass is 382 g/mol. The molecule has 0 aliphatic carbocycles. The third kappa shape index (κ3) is 6.41. The molecule has 0 radical (unpaired) electrons. The Morgan fingerprint density at radius 1 is 1.04 bits per heavy atom. The number of hydrogen-bond acceptors (Lipinski definition) is 3. The van der Waals surface area contributed by atoms with E-state index in [0.29, 0.717) is 25.9 Å². The van der Waals surface area contributed by atoms with Gasteiger partial charge in [0.1, 0.15) is 11.8 Å². The van der Waals surface area contributed by atoms with Crippen molar-refractivity contribution in [2.45, 2.75) is 45.7 Å². The summed E-state index contributed by atoms with van der Waals surface area (Å²) in [7, 11) is 1.62. The Labute approximate surface area is 167 Å². The van der Waals surface area contributed by atoms with E-state index in [2.05, 4.69) is 5.32 Å². The Hall–Kier alpha value is -2.82. The first kappa shape index (κ1) is 21.5. The molecule has 0 saturated carbocycles. The topological polar surface area (TPSA) is 58.6 Å². The highest BCUT2D eigenvalue weighted by atomic mass is 16.5. The molecular weight excluding hydrogens is 352 g/mol. The number of carbonyl (C=O) groups excluding carboxylic acids is 2. The van der Waals surface area contributed by atoms with E-state index < -0.39 is 6.04 Å². The summed E-state index contributed by atoms with van der Waals surface area (Å²) in [4.78, 5) is 27.1. The average Bonchev–Trinajstić information content (AvgIpc) is 2.74. The smallest absolute Gasteiger partial charge is 0.242 e. The first-order chi connectivity index (χ1) is 13.5. The summed E-state index contributed by atoms with van der Waals surface area (Å²) in [5.74, 6) is 0.613. The number of amides is 2. The van der Waals surface area contributed by atoms with E-state index in [-0.39, 0.29) is 11.8 Å². The van der Waals surface area contributed by atoms with E-state index in [0.717, 1.165) is 23.3 Å². The summed E-state index contributed by atoms with van der Waals surface area (Å²) in [6, 6.07) is 17.0. The Balaban J connectivity index is 2.11. The van der Waals surface area contributed by atoms with Crippen molar-refractivity contribution in [2.75, 3.05) is 13.7 Å². The van der Waals surface area contributed by atoms with Gasteiger partial charge in [0.05, 0.1) is 7.11 Å². The second-order valence-electron chi connectivity index (χ2n) is 6.82. The van der Waals surface area contributed by atoms with Crippen molar-refractivity contribution in [3.8, 4) is 5.75 Å². The fraction of sp³-hybridized carbons (Fsp3) is 0.391. The molecule has 0 bridgehead atoms. The van der Waals surface area contributed by atoms with Crippen LogP contribution in [0.1, 0.15) is 37.8 Å². The van der Waals surface area contributed by atoms with E-state index >= 15 is 0 Å². The number of ether oxygens (including phenoxy) is 1. The maximum atomic E-state index is 13.0. The van der Waals surface area contributed by atoms with Gasteiger partial charge in [-0.05, 0) is 43.0 Å². The van der Waals surface area contributed by atoms with Crippen LogP contribution in [-0.4, -0.2) is 36.4 Å². The number of carbonyl (C=O) groups is 2. The molecule has 1 N–H and O–H groups in total. The minimum absolute atomic E-state index is 0.0289. The standard InChI is InChI=1S/C23H30N2O3/c1-4-16-24-23(27)18(2)25(17-20-10-13-21(28-3)14-11-20)22(26)15-12-19-8-6-5-7-9-19/h5-11,13-14,18H,4,12,15-17H2,1-3H3,(H,24,27)/t18-/m1/s1. The fourth-order valence-corrected chi connectivity index (χ4v) is 2.95. The second kappa shape index (κ2) is 11.1. The van der Waals surface area contributed by atoms with Crippen LogP contribution >= 0.6 is 0 Å². The summed E-state index contributed by atoms with van der Waals surface area (Å²) in [6.45, 7) is 4.79. The summed E-state index contributed by atoms with van der Waals surface area (Å²) in [5.41, 5.74) is 2.08. The van der Waals surface area contributed by atoms with Crippen molar-refractivity contribution in [2.24, 2.45) is 0 Å². The Morgan fingerprint density at radius 3 is 2.32 bits per heavy atom. The number of hydrogen-bond donors (Lipinski definition) is 1. The molecule has 0 aromatic heterocycles. The van der Waals surface area contributed by atoms with Crippen LogP contribution in [0.25, 0.3) is 0 Å². The van der Waals surface area contributed by atoms with Gasteiger partial charge in [-0.2, -0.15) is 0 Å². The van der Waals surface area contributed by atoms with E-state index in [4.69, 9.17) is 4.74 Å². The Morgan fingerprint density at radius 2 is 1.71 bits per heavy atom. The van der Waals surface area contributed by atoms with Crippen LogP contribution < -0.4 is 10.1 Å². The molecule has 150 valence electrons. The van der Waals surface area contributed by atoms with Crippen LogP contribution in [0.2, 0.25) is 0 Å². The number of methoxy groups -OCH3 is 1. The molecule has 2 aromatic carbocycles. The van der Waals surface area contributed by atoms with Crippen LogP contribution in [0.3, 0.4) is 0 Å². The van der Waals surface area contributed by atoms with Crippen LogP contribution in [0.15, 0.2) is 54.6 Å². The number of nitrogens with zero attached hydrogens (tertiary/aromatic N) is 1. The predicted molar refractivity (Wildman–Crippen MR) is 111 cm³/mol. The molecule has 28 heavy (non-hydrogen) atoms. The third-order valence-electron chi connectivity index (χ3n) is 4.70. The average molecular weight is 383 g/mol. The highest BCUT2D eigenvalue weighted by molar-refractivity contribution is 5.87. The van der Waals surface area contributed by atoms with E-state index in [9.17, 15) is 9.59 Å². The maximum absolute atomic E-state index is 13.0.